The summed E-state index contributed by atoms with van der Waals surface area (Å²) in [7, 11) is 0. The first-order chi connectivity index (χ1) is 14.0. The van der Waals surface area contributed by atoms with Gasteiger partial charge in [-0.1, -0.05) is 48.5 Å². The lowest BCUT2D eigenvalue weighted by Gasteiger charge is -2.23. The second kappa shape index (κ2) is 7.92. The maximum Gasteiger partial charge on any atom is 0.262 e. The maximum atomic E-state index is 12.5. The molecule has 0 spiro atoms. The van der Waals surface area contributed by atoms with Gasteiger partial charge in [0.25, 0.3) is 23.6 Å². The number of hydrogen-bond acceptors (Lipinski definition) is 5. The number of carbonyl (C=O) groups is 4. The fourth-order valence-electron chi connectivity index (χ4n) is 3.16. The van der Waals surface area contributed by atoms with Crippen LogP contribution >= 0.6 is 11.8 Å². The molecule has 0 bridgehead atoms. The molecule has 2 aromatic rings. The van der Waals surface area contributed by atoms with E-state index in [1.165, 1.54) is 16.8 Å². The van der Waals surface area contributed by atoms with Crippen molar-refractivity contribution in [3.8, 4) is 0 Å². The van der Waals surface area contributed by atoms with E-state index in [9.17, 15) is 19.2 Å². The summed E-state index contributed by atoms with van der Waals surface area (Å²) in [6.07, 6.45) is 3.70. The number of nitrogens with zero attached hydrogens (tertiary/aromatic N) is 2. The van der Waals surface area contributed by atoms with Crippen LogP contribution in [0.5, 0.6) is 0 Å². The summed E-state index contributed by atoms with van der Waals surface area (Å²) in [6, 6.07) is 16.0. The summed E-state index contributed by atoms with van der Waals surface area (Å²) in [6.45, 7) is -0.448. The Labute approximate surface area is 171 Å². The van der Waals surface area contributed by atoms with Crippen molar-refractivity contribution in [1.29, 1.82) is 0 Å². The molecule has 146 valence electrons. The normalized spacial score (nSPS) is 18.6. The van der Waals surface area contributed by atoms with E-state index in [4.69, 9.17) is 0 Å². The summed E-state index contributed by atoms with van der Waals surface area (Å²) in [5.41, 5.74) is 4.07. The van der Waals surface area contributed by atoms with Gasteiger partial charge in [0.15, 0.2) is 0 Å². The topological polar surface area (TPSA) is 86.8 Å². The molecule has 1 saturated heterocycles. The van der Waals surface area contributed by atoms with Crippen molar-refractivity contribution in [2.24, 2.45) is 0 Å². The van der Waals surface area contributed by atoms with E-state index >= 15 is 0 Å². The molecule has 7 nitrogen and oxygen atoms in total. The summed E-state index contributed by atoms with van der Waals surface area (Å²) >= 11 is 1.38. The van der Waals surface area contributed by atoms with Gasteiger partial charge in [-0.25, -0.2) is 5.01 Å². The Kier molecular flexibility index (Phi) is 5.18. The molecular weight excluding hydrogens is 390 g/mol. The Morgan fingerprint density at radius 1 is 1.00 bits per heavy atom. The zero-order valence-electron chi connectivity index (χ0n) is 15.3. The first-order valence-corrected chi connectivity index (χ1v) is 10.0. The van der Waals surface area contributed by atoms with E-state index in [0.29, 0.717) is 0 Å². The first-order valence-electron chi connectivity index (χ1n) is 8.96. The second-order valence-electron chi connectivity index (χ2n) is 6.51. The number of hydrogen-bond donors (Lipinski definition) is 1. The van der Waals surface area contributed by atoms with Gasteiger partial charge in [-0.3, -0.25) is 29.5 Å². The quantitative estimate of drug-likeness (QED) is 0.766. The van der Waals surface area contributed by atoms with Gasteiger partial charge in [0.2, 0.25) is 0 Å². The third-order valence-electron chi connectivity index (χ3n) is 4.58. The fraction of sp³-hybridized carbons (Fsp3) is 0.143. The van der Waals surface area contributed by atoms with Gasteiger partial charge in [-0.15, -0.1) is 11.8 Å². The first kappa shape index (κ1) is 18.9. The van der Waals surface area contributed by atoms with Crippen molar-refractivity contribution in [2.75, 3.05) is 12.3 Å². The number of carbonyl (C=O) groups excluding carboxylic acids is 4. The molecule has 29 heavy (non-hydrogen) atoms. The number of rotatable bonds is 5. The van der Waals surface area contributed by atoms with Crippen molar-refractivity contribution in [3.05, 3.63) is 77.4 Å². The van der Waals surface area contributed by atoms with Gasteiger partial charge in [-0.05, 0) is 23.8 Å². The highest BCUT2D eigenvalue weighted by atomic mass is 32.2. The van der Waals surface area contributed by atoms with Crippen LogP contribution in [0.25, 0.3) is 6.08 Å². The number of amides is 4. The average molecular weight is 407 g/mol. The van der Waals surface area contributed by atoms with E-state index in [1.54, 1.807) is 24.3 Å². The van der Waals surface area contributed by atoms with Gasteiger partial charge in [-0.2, -0.15) is 0 Å². The average Bonchev–Trinajstić information content (AvgIpc) is 3.20. The lowest BCUT2D eigenvalue weighted by molar-refractivity contribution is -0.138. The smallest absolute Gasteiger partial charge is 0.262 e. The molecule has 0 saturated carbocycles. The Balaban J connectivity index is 1.42. The SMILES string of the molecule is O=C(CN1C(=O)c2ccccc2C1=O)NN1C(=O)CSC1/C=C/c1ccccc1. The number of hydrazine groups is 1. The molecule has 4 rings (SSSR count). The monoisotopic (exact) mass is 407 g/mol. The molecule has 4 amide bonds. The number of fused-ring (bicyclic) bond motifs is 1. The summed E-state index contributed by atoms with van der Waals surface area (Å²) < 4.78 is 0. The van der Waals surface area contributed by atoms with Gasteiger partial charge in [0.1, 0.15) is 11.9 Å². The lowest BCUT2D eigenvalue weighted by atomic mass is 10.1. The molecule has 0 radical (unpaired) electrons. The van der Waals surface area contributed by atoms with Crippen LogP contribution in [-0.2, 0) is 9.59 Å². The molecular formula is C21H17N3O4S. The number of thioether (sulfide) groups is 1. The largest absolute Gasteiger partial charge is 0.272 e. The fourth-order valence-corrected chi connectivity index (χ4v) is 4.13. The van der Waals surface area contributed by atoms with Crippen LogP contribution in [0.15, 0.2) is 60.7 Å². The molecule has 1 unspecified atom stereocenters. The molecule has 2 aromatic carbocycles. The summed E-state index contributed by atoms with van der Waals surface area (Å²) in [5, 5.41) is 0.874. The van der Waals surface area contributed by atoms with Crippen molar-refractivity contribution < 1.29 is 19.2 Å². The standard InChI is InChI=1S/C21H17N3O4S/c25-17(12-23-20(27)15-8-4-5-9-16(15)21(23)28)22-24-18(26)13-29-19(24)11-10-14-6-2-1-3-7-14/h1-11,19H,12-13H2,(H,22,25)/b11-10+. The van der Waals surface area contributed by atoms with Crippen LogP contribution in [0.1, 0.15) is 26.3 Å². The molecule has 1 atom stereocenters. The van der Waals surface area contributed by atoms with Crippen LogP contribution in [0, 0.1) is 0 Å². The van der Waals surface area contributed by atoms with E-state index < -0.39 is 24.3 Å². The Bertz CT molecular complexity index is 987. The highest BCUT2D eigenvalue weighted by molar-refractivity contribution is 8.01. The summed E-state index contributed by atoms with van der Waals surface area (Å²) in [5.74, 6) is -1.63. The number of benzene rings is 2. The highest BCUT2D eigenvalue weighted by Gasteiger charge is 2.37. The molecule has 8 heteroatoms. The third kappa shape index (κ3) is 3.79. The third-order valence-corrected chi connectivity index (χ3v) is 5.70. The number of nitrogens with one attached hydrogen (secondary N) is 1. The Morgan fingerprint density at radius 2 is 1.62 bits per heavy atom. The lowest BCUT2D eigenvalue weighted by Crippen LogP contribution is -2.50. The highest BCUT2D eigenvalue weighted by Crippen LogP contribution is 2.25. The Morgan fingerprint density at radius 3 is 2.28 bits per heavy atom. The van der Waals surface area contributed by atoms with E-state index in [2.05, 4.69) is 5.43 Å². The zero-order valence-corrected chi connectivity index (χ0v) is 16.1. The molecule has 0 aromatic heterocycles. The van der Waals surface area contributed by atoms with Crippen molar-refractivity contribution in [1.82, 2.24) is 15.3 Å². The van der Waals surface area contributed by atoms with Gasteiger partial charge in [0.05, 0.1) is 16.9 Å². The van der Waals surface area contributed by atoms with Crippen LogP contribution in [-0.4, -0.2) is 51.2 Å². The molecule has 1 fully saturated rings. The minimum atomic E-state index is -0.603. The van der Waals surface area contributed by atoms with Gasteiger partial charge < -0.3 is 0 Å². The molecule has 0 aliphatic carbocycles. The van der Waals surface area contributed by atoms with E-state index in [0.717, 1.165) is 10.5 Å². The summed E-state index contributed by atoms with van der Waals surface area (Å²) in [4.78, 5) is 50.3. The van der Waals surface area contributed by atoms with Crippen LogP contribution < -0.4 is 5.43 Å². The minimum Gasteiger partial charge on any atom is -0.272 e. The maximum absolute atomic E-state index is 12.5. The molecule has 2 aliphatic heterocycles. The molecule has 2 aliphatic rings. The molecule has 1 N–H and O–H groups in total. The van der Waals surface area contributed by atoms with Crippen LogP contribution in [0.3, 0.4) is 0 Å². The van der Waals surface area contributed by atoms with Crippen molar-refractivity contribution in [3.63, 3.8) is 0 Å². The van der Waals surface area contributed by atoms with Crippen molar-refractivity contribution >= 4 is 41.5 Å². The van der Waals surface area contributed by atoms with Crippen molar-refractivity contribution in [2.45, 2.75) is 5.37 Å². The van der Waals surface area contributed by atoms with Crippen LogP contribution in [0.2, 0.25) is 0 Å². The number of imide groups is 1. The predicted octanol–water partition coefficient (Wildman–Crippen LogP) is 1.93. The van der Waals surface area contributed by atoms with Crippen LogP contribution in [0.4, 0.5) is 0 Å². The van der Waals surface area contributed by atoms with Gasteiger partial charge >= 0.3 is 0 Å². The molecule has 2 heterocycles. The van der Waals surface area contributed by atoms with E-state index in [1.807, 2.05) is 42.5 Å². The second-order valence-corrected chi connectivity index (χ2v) is 7.62. The predicted molar refractivity (Wildman–Crippen MR) is 109 cm³/mol. The van der Waals surface area contributed by atoms with E-state index in [-0.39, 0.29) is 28.2 Å². The Hall–Kier alpha value is -3.39. The van der Waals surface area contributed by atoms with Gasteiger partial charge in [0, 0.05) is 0 Å². The minimum absolute atomic E-state index is 0.233. The zero-order chi connectivity index (χ0) is 20.4.